The van der Waals surface area contributed by atoms with Crippen LogP contribution in [0.25, 0.3) is 0 Å². The molecular weight excluding hydrogens is 388 g/mol. The highest BCUT2D eigenvalue weighted by atomic mass is 16.6. The second kappa shape index (κ2) is 9.25. The van der Waals surface area contributed by atoms with E-state index >= 15 is 0 Å². The number of ether oxygens (including phenoxy) is 2. The fourth-order valence-electron chi connectivity index (χ4n) is 4.58. The molecular formula is C23H30O7. The number of aliphatic hydroxyl groups is 1. The summed E-state index contributed by atoms with van der Waals surface area (Å²) in [6, 6.07) is 0. The van der Waals surface area contributed by atoms with Gasteiger partial charge in [0.2, 0.25) is 0 Å². The van der Waals surface area contributed by atoms with Gasteiger partial charge in [0.25, 0.3) is 5.78 Å². The first-order valence-corrected chi connectivity index (χ1v) is 10.8. The van der Waals surface area contributed by atoms with Crippen molar-refractivity contribution in [2.75, 3.05) is 0 Å². The Morgan fingerprint density at radius 1 is 1.30 bits per heavy atom. The molecule has 0 radical (unpaired) electrons. The Kier molecular flexibility index (Phi) is 6.91. The lowest BCUT2D eigenvalue weighted by atomic mass is 9.65. The van der Waals surface area contributed by atoms with E-state index in [0.717, 1.165) is 5.57 Å². The second-order valence-electron chi connectivity index (χ2n) is 8.67. The van der Waals surface area contributed by atoms with E-state index in [4.69, 9.17) is 9.47 Å². The summed E-state index contributed by atoms with van der Waals surface area (Å²) in [5.74, 6) is -2.78. The fraction of sp³-hybridized carbons (Fsp3) is 0.652. The smallest absolute Gasteiger partial charge is 0.377 e. The van der Waals surface area contributed by atoms with Crippen LogP contribution >= 0.6 is 0 Å². The topological polar surface area (TPSA) is 107 Å². The van der Waals surface area contributed by atoms with Crippen LogP contribution in [-0.2, 0) is 28.7 Å². The summed E-state index contributed by atoms with van der Waals surface area (Å²) in [7, 11) is 0. The normalized spacial score (nSPS) is 34.7. The molecule has 1 N–H and O–H groups in total. The van der Waals surface area contributed by atoms with Crippen LogP contribution < -0.4 is 0 Å². The van der Waals surface area contributed by atoms with Crippen molar-refractivity contribution in [2.45, 2.75) is 71.2 Å². The molecule has 0 amide bonds. The zero-order valence-corrected chi connectivity index (χ0v) is 17.7. The highest BCUT2D eigenvalue weighted by molar-refractivity contribution is 6.35. The maximum absolute atomic E-state index is 12.6. The number of rotatable bonds is 6. The minimum absolute atomic E-state index is 0.0284. The lowest BCUT2D eigenvalue weighted by molar-refractivity contribution is -0.170. The molecule has 7 nitrogen and oxygen atoms in total. The first-order chi connectivity index (χ1) is 14.2. The number of cyclic esters (lactones) is 1. The van der Waals surface area contributed by atoms with E-state index in [2.05, 4.69) is 0 Å². The van der Waals surface area contributed by atoms with Gasteiger partial charge in [-0.15, -0.1) is 0 Å². The highest BCUT2D eigenvalue weighted by Gasteiger charge is 2.44. The summed E-state index contributed by atoms with van der Waals surface area (Å²) in [6.07, 6.45) is 5.60. The van der Waals surface area contributed by atoms with Gasteiger partial charge in [0, 0.05) is 24.7 Å². The average Bonchev–Trinajstić information content (AvgIpc) is 2.71. The predicted molar refractivity (Wildman–Crippen MR) is 107 cm³/mol. The first kappa shape index (κ1) is 22.4. The van der Waals surface area contributed by atoms with Crippen molar-refractivity contribution in [3.05, 3.63) is 23.8 Å². The fourth-order valence-corrected chi connectivity index (χ4v) is 4.58. The Morgan fingerprint density at radius 3 is 2.70 bits per heavy atom. The molecule has 0 aromatic heterocycles. The summed E-state index contributed by atoms with van der Waals surface area (Å²) < 4.78 is 11.0. The lowest BCUT2D eigenvalue weighted by Gasteiger charge is -2.42. The van der Waals surface area contributed by atoms with Crippen LogP contribution in [-0.4, -0.2) is 46.9 Å². The molecule has 1 unspecified atom stereocenters. The van der Waals surface area contributed by atoms with E-state index in [1.165, 1.54) is 0 Å². The number of esters is 2. The Bertz CT molecular complexity index is 780. The number of hydrogen-bond acceptors (Lipinski definition) is 7. The van der Waals surface area contributed by atoms with Crippen LogP contribution in [0.15, 0.2) is 23.8 Å². The molecule has 164 valence electrons. The van der Waals surface area contributed by atoms with Crippen LogP contribution in [0.3, 0.4) is 0 Å². The summed E-state index contributed by atoms with van der Waals surface area (Å²) >= 11 is 0. The van der Waals surface area contributed by atoms with Gasteiger partial charge in [-0.3, -0.25) is 14.4 Å². The summed E-state index contributed by atoms with van der Waals surface area (Å²) in [6.45, 7) is 5.65. The van der Waals surface area contributed by atoms with Gasteiger partial charge in [0.15, 0.2) is 5.78 Å². The molecule has 0 bridgehead atoms. The second-order valence-corrected chi connectivity index (χ2v) is 8.67. The van der Waals surface area contributed by atoms with Gasteiger partial charge >= 0.3 is 11.9 Å². The third-order valence-corrected chi connectivity index (χ3v) is 6.69. The number of fused-ring (bicyclic) bond motifs is 1. The third kappa shape index (κ3) is 4.56. The average molecular weight is 418 g/mol. The molecule has 0 saturated carbocycles. The van der Waals surface area contributed by atoms with E-state index in [0.29, 0.717) is 25.7 Å². The predicted octanol–water partition coefficient (Wildman–Crippen LogP) is 2.31. The first-order valence-electron chi connectivity index (χ1n) is 10.8. The van der Waals surface area contributed by atoms with Gasteiger partial charge in [0.1, 0.15) is 18.3 Å². The van der Waals surface area contributed by atoms with Crippen molar-refractivity contribution in [1.82, 2.24) is 0 Å². The van der Waals surface area contributed by atoms with Crippen LogP contribution in [0.4, 0.5) is 0 Å². The molecule has 0 spiro atoms. The van der Waals surface area contributed by atoms with Crippen LogP contribution in [0.1, 0.15) is 52.9 Å². The van der Waals surface area contributed by atoms with E-state index < -0.39 is 24.0 Å². The molecule has 0 aromatic rings. The molecule has 1 saturated heterocycles. The molecule has 2 aliphatic carbocycles. The largest absolute Gasteiger partial charge is 0.461 e. The Morgan fingerprint density at radius 2 is 2.03 bits per heavy atom. The zero-order chi connectivity index (χ0) is 22.0. The van der Waals surface area contributed by atoms with Crippen molar-refractivity contribution in [3.8, 4) is 0 Å². The number of allylic oxidation sites excluding steroid dienone is 2. The maximum Gasteiger partial charge on any atom is 0.377 e. The van der Waals surface area contributed by atoms with Crippen molar-refractivity contribution in [2.24, 2.45) is 23.7 Å². The van der Waals surface area contributed by atoms with Gasteiger partial charge in [-0.2, -0.15) is 0 Å². The third-order valence-electron chi connectivity index (χ3n) is 6.69. The van der Waals surface area contributed by atoms with Gasteiger partial charge in [-0.05, 0) is 36.8 Å². The molecule has 0 aromatic carbocycles. The zero-order valence-electron chi connectivity index (χ0n) is 17.7. The number of hydrogen-bond donors (Lipinski definition) is 1. The number of Topliss-reactive ketones (excluding diaryl/α,β-unsaturated/α-hetero) is 1. The van der Waals surface area contributed by atoms with Gasteiger partial charge in [0.05, 0.1) is 5.92 Å². The molecule has 7 atom stereocenters. The number of aliphatic hydroxyl groups excluding tert-OH is 1. The van der Waals surface area contributed by atoms with Crippen LogP contribution in [0.2, 0.25) is 0 Å². The van der Waals surface area contributed by atoms with E-state index in [1.54, 1.807) is 6.08 Å². The Hall–Kier alpha value is -2.28. The van der Waals surface area contributed by atoms with Crippen molar-refractivity contribution in [1.29, 1.82) is 0 Å². The molecule has 3 rings (SSSR count). The Labute approximate surface area is 176 Å². The highest BCUT2D eigenvalue weighted by Crippen LogP contribution is 2.43. The van der Waals surface area contributed by atoms with Crippen LogP contribution in [0, 0.1) is 23.7 Å². The molecule has 3 aliphatic rings. The molecule has 7 heteroatoms. The maximum atomic E-state index is 12.6. The number of ketones is 2. The molecule has 30 heavy (non-hydrogen) atoms. The van der Waals surface area contributed by atoms with Gasteiger partial charge in [-0.25, -0.2) is 4.79 Å². The Balaban J connectivity index is 1.76. The number of carbonyl (C=O) groups is 4. The van der Waals surface area contributed by atoms with Crippen molar-refractivity contribution >= 4 is 23.5 Å². The van der Waals surface area contributed by atoms with E-state index in [1.807, 2.05) is 32.9 Å². The quantitative estimate of drug-likeness (QED) is 0.521. The minimum Gasteiger partial charge on any atom is -0.461 e. The molecule has 1 heterocycles. The minimum atomic E-state index is -1.33. The van der Waals surface area contributed by atoms with Crippen LogP contribution in [0.5, 0.6) is 0 Å². The van der Waals surface area contributed by atoms with Crippen molar-refractivity contribution < 1.29 is 33.8 Å². The molecule has 1 fully saturated rings. The number of carbonyl (C=O) groups excluding carboxylic acids is 4. The summed E-state index contributed by atoms with van der Waals surface area (Å²) in [5, 5.41) is 9.77. The van der Waals surface area contributed by atoms with Gasteiger partial charge in [-0.1, -0.05) is 32.9 Å². The SMILES string of the molecule is CCC(C)C(=O)O[C@H]1CC=CC2=CC(=O)[C@@H](C)[C@@H](CC[C@@H]3C[C@@H](O)C(=O)C(=O)O3)[C@H]21. The summed E-state index contributed by atoms with van der Waals surface area (Å²) in [4.78, 5) is 48.0. The van der Waals surface area contributed by atoms with Gasteiger partial charge < -0.3 is 14.6 Å². The van der Waals surface area contributed by atoms with E-state index in [9.17, 15) is 24.3 Å². The van der Waals surface area contributed by atoms with E-state index in [-0.39, 0.29) is 47.9 Å². The lowest BCUT2D eigenvalue weighted by Crippen LogP contribution is -2.44. The molecule has 1 aliphatic heterocycles. The van der Waals surface area contributed by atoms with Crippen molar-refractivity contribution in [3.63, 3.8) is 0 Å². The standard InChI is InChI=1S/C23H30O7/c1-4-12(2)22(27)30-19-7-5-6-14-10-17(24)13(3)16(20(14)19)9-8-15-11-18(25)21(26)23(28)29-15/h5-6,10,12-13,15-16,18-20,25H,4,7-9,11H2,1-3H3/t12?,13-,15+,16+,18+,19-,20-/m0/s1. The summed E-state index contributed by atoms with van der Waals surface area (Å²) in [5.41, 5.74) is 0.868. The monoisotopic (exact) mass is 418 g/mol.